The number of allylic oxidation sites excluding steroid dienone is 1. The number of amides is 1. The summed E-state index contributed by atoms with van der Waals surface area (Å²) in [5.74, 6) is 1.21. The number of fused-ring (bicyclic) bond motifs is 1. The molecule has 1 unspecified atom stereocenters. The second kappa shape index (κ2) is 9.43. The van der Waals surface area contributed by atoms with E-state index in [4.69, 9.17) is 19.7 Å². The molecule has 0 radical (unpaired) electrons. The van der Waals surface area contributed by atoms with Crippen molar-refractivity contribution in [2.24, 2.45) is 5.92 Å². The van der Waals surface area contributed by atoms with Gasteiger partial charge in [-0.05, 0) is 24.0 Å². The number of carboxylic acid groups (broad SMARTS) is 3. The Morgan fingerprint density at radius 2 is 2.00 bits per heavy atom. The summed E-state index contributed by atoms with van der Waals surface area (Å²) in [5.41, 5.74) is 2.84. The summed E-state index contributed by atoms with van der Waals surface area (Å²) >= 11 is 0. The average molecular weight is 359 g/mol. The summed E-state index contributed by atoms with van der Waals surface area (Å²) in [6.07, 6.45) is 0.843. The second-order valence-electron chi connectivity index (χ2n) is 5.48. The maximum atomic E-state index is 11.4. The van der Waals surface area contributed by atoms with Crippen LogP contribution < -0.4 is 61.2 Å². The van der Waals surface area contributed by atoms with E-state index < -0.39 is 12.2 Å². The number of carbonyl (C=O) groups is 2. The van der Waals surface area contributed by atoms with E-state index >= 15 is 0 Å². The van der Waals surface area contributed by atoms with Crippen LogP contribution in [0.25, 0.3) is 5.70 Å². The van der Waals surface area contributed by atoms with Crippen molar-refractivity contribution in [1.29, 1.82) is 0 Å². The van der Waals surface area contributed by atoms with Crippen LogP contribution in [-0.2, 0) is 6.42 Å². The molecule has 2 heterocycles. The fourth-order valence-corrected chi connectivity index (χ4v) is 2.76. The van der Waals surface area contributed by atoms with E-state index in [0.29, 0.717) is 19.1 Å². The van der Waals surface area contributed by atoms with Crippen LogP contribution in [0.15, 0.2) is 24.3 Å². The molecule has 24 heavy (non-hydrogen) atoms. The van der Waals surface area contributed by atoms with Crippen LogP contribution in [0.5, 0.6) is 5.75 Å². The predicted octanol–water partition coefficient (Wildman–Crippen LogP) is -1.13. The third-order valence-corrected chi connectivity index (χ3v) is 3.72. The first-order chi connectivity index (χ1) is 10.9. The normalized spacial score (nSPS) is 18.1. The van der Waals surface area contributed by atoms with E-state index in [1.54, 1.807) is 0 Å². The molecule has 8 heteroatoms. The van der Waals surface area contributed by atoms with Crippen molar-refractivity contribution in [2.45, 2.75) is 19.8 Å². The Kier molecular flexibility index (Phi) is 8.24. The zero-order valence-corrected chi connectivity index (χ0v) is 16.8. The molecule has 1 aromatic rings. The van der Waals surface area contributed by atoms with Crippen LogP contribution in [0, 0.1) is 5.92 Å². The molecule has 0 saturated carbocycles. The quantitative estimate of drug-likeness (QED) is 0.614. The summed E-state index contributed by atoms with van der Waals surface area (Å²) in [5, 5.41) is 24.7. The number of hydrogen-bond donors (Lipinski definition) is 2. The first kappa shape index (κ1) is 21.0. The van der Waals surface area contributed by atoms with Crippen LogP contribution in [0.3, 0.4) is 0 Å². The molecule has 2 aliphatic rings. The number of rotatable bonds is 1. The van der Waals surface area contributed by atoms with E-state index in [-0.39, 0.29) is 51.4 Å². The summed E-state index contributed by atoms with van der Waals surface area (Å²) < 4.78 is 5.68. The number of nitrogens with zero attached hydrogens (tertiary/aromatic N) is 1. The Balaban J connectivity index is 0.000000522. The number of ether oxygens (including phenoxy) is 1. The molecule has 7 nitrogen and oxygen atoms in total. The molecule has 1 aromatic carbocycles. The minimum absolute atomic E-state index is 0. The van der Waals surface area contributed by atoms with E-state index in [1.165, 1.54) is 10.5 Å². The van der Waals surface area contributed by atoms with Gasteiger partial charge in [-0.25, -0.2) is 4.79 Å². The third kappa shape index (κ3) is 5.22. The third-order valence-electron chi connectivity index (χ3n) is 3.72. The fourth-order valence-electron chi connectivity index (χ4n) is 2.76. The SMILES string of the molecule is CC1CC=C(c2cccc3c2OCC3)N(C(=O)O)C1.O=C([O-])O.[K+]. The van der Waals surface area contributed by atoms with Crippen molar-refractivity contribution < 1.29 is 81.0 Å². The molecule has 0 spiro atoms. The first-order valence-electron chi connectivity index (χ1n) is 7.25. The largest absolute Gasteiger partial charge is 1.00 e. The van der Waals surface area contributed by atoms with Crippen molar-refractivity contribution in [1.82, 2.24) is 4.90 Å². The van der Waals surface area contributed by atoms with E-state index in [0.717, 1.165) is 29.9 Å². The fraction of sp³-hybridized carbons (Fsp3) is 0.375. The Bertz CT molecular complexity index is 641. The van der Waals surface area contributed by atoms with Gasteiger partial charge in [-0.1, -0.05) is 25.1 Å². The van der Waals surface area contributed by atoms with Gasteiger partial charge < -0.3 is 24.9 Å². The van der Waals surface area contributed by atoms with Crippen molar-refractivity contribution in [3.8, 4) is 5.75 Å². The maximum absolute atomic E-state index is 11.4. The van der Waals surface area contributed by atoms with Gasteiger partial charge in [0, 0.05) is 18.5 Å². The molecule has 3 rings (SSSR count). The molecule has 0 bridgehead atoms. The van der Waals surface area contributed by atoms with Crippen LogP contribution >= 0.6 is 0 Å². The van der Waals surface area contributed by atoms with Crippen molar-refractivity contribution >= 4 is 17.9 Å². The second-order valence-corrected chi connectivity index (χ2v) is 5.48. The van der Waals surface area contributed by atoms with Gasteiger partial charge in [0.05, 0.1) is 12.3 Å². The molecular weight excluding hydrogens is 341 g/mol. The minimum atomic E-state index is -2.08. The number of para-hydroxylation sites is 1. The molecular formula is C16H18KNO6. The molecule has 0 aromatic heterocycles. The van der Waals surface area contributed by atoms with Crippen LogP contribution in [0.4, 0.5) is 9.59 Å². The summed E-state index contributed by atoms with van der Waals surface area (Å²) in [7, 11) is 0. The summed E-state index contributed by atoms with van der Waals surface area (Å²) in [6, 6.07) is 5.96. The van der Waals surface area contributed by atoms with E-state index in [9.17, 15) is 9.90 Å². The number of benzene rings is 1. The smallest absolute Gasteiger partial charge is 0.565 e. The summed E-state index contributed by atoms with van der Waals surface area (Å²) in [4.78, 5) is 21.3. The van der Waals surface area contributed by atoms with Gasteiger partial charge in [0.15, 0.2) is 0 Å². The van der Waals surface area contributed by atoms with Gasteiger partial charge in [0.1, 0.15) is 5.75 Å². The van der Waals surface area contributed by atoms with Gasteiger partial charge in [0.2, 0.25) is 6.16 Å². The molecule has 0 fully saturated rings. The zero-order valence-electron chi connectivity index (χ0n) is 13.7. The van der Waals surface area contributed by atoms with E-state index in [1.807, 2.05) is 24.3 Å². The summed E-state index contributed by atoms with van der Waals surface area (Å²) in [6.45, 7) is 3.29. The Morgan fingerprint density at radius 1 is 1.33 bits per heavy atom. The standard InChI is InChI=1S/C15H17NO3.CH2O3.K/c1-10-5-6-13(16(9-10)15(17)18)12-4-2-3-11-7-8-19-14(11)12;2-1(3)4;/h2-4,6,10H,5,7-9H2,1H3,(H,17,18);(H2,2,3,4);/q;;+1/p-1. The van der Waals surface area contributed by atoms with Crippen LogP contribution in [0.1, 0.15) is 24.5 Å². The topological polar surface area (TPSA) is 110 Å². The molecule has 0 aliphatic carbocycles. The monoisotopic (exact) mass is 359 g/mol. The first-order valence-corrected chi connectivity index (χ1v) is 7.25. The Morgan fingerprint density at radius 3 is 2.62 bits per heavy atom. The molecule has 0 saturated heterocycles. The van der Waals surface area contributed by atoms with Gasteiger partial charge in [0.25, 0.3) is 0 Å². The Labute approximate surface area is 182 Å². The van der Waals surface area contributed by atoms with Crippen molar-refractivity contribution in [3.05, 3.63) is 35.4 Å². The number of hydrogen-bond acceptors (Lipinski definition) is 4. The van der Waals surface area contributed by atoms with E-state index in [2.05, 4.69) is 6.92 Å². The molecule has 2 N–H and O–H groups in total. The zero-order chi connectivity index (χ0) is 17.0. The Hall–Kier alpha value is -1.06. The molecule has 2 aliphatic heterocycles. The van der Waals surface area contributed by atoms with Gasteiger partial charge in [-0.3, -0.25) is 4.90 Å². The van der Waals surface area contributed by atoms with Crippen LogP contribution in [-0.4, -0.2) is 40.5 Å². The van der Waals surface area contributed by atoms with Gasteiger partial charge in [-0.2, -0.15) is 0 Å². The average Bonchev–Trinajstić information content (AvgIpc) is 2.95. The van der Waals surface area contributed by atoms with Crippen molar-refractivity contribution in [3.63, 3.8) is 0 Å². The van der Waals surface area contributed by atoms with Gasteiger partial charge in [-0.15, -0.1) is 0 Å². The minimum Gasteiger partial charge on any atom is -0.565 e. The molecule has 124 valence electrons. The maximum Gasteiger partial charge on any atom is 1.00 e. The molecule has 1 amide bonds. The molecule has 1 atom stereocenters. The predicted molar refractivity (Wildman–Crippen MR) is 80.2 cm³/mol. The van der Waals surface area contributed by atoms with Crippen molar-refractivity contribution in [2.75, 3.05) is 13.2 Å². The van der Waals surface area contributed by atoms with Gasteiger partial charge >= 0.3 is 57.5 Å². The van der Waals surface area contributed by atoms with Crippen LogP contribution in [0.2, 0.25) is 0 Å².